The molecule has 0 amide bonds. The summed E-state index contributed by atoms with van der Waals surface area (Å²) in [6.07, 6.45) is 7.09. The average molecular weight is 190 g/mol. The molecule has 0 bridgehead atoms. The minimum atomic E-state index is 0.0397. The van der Waals surface area contributed by atoms with Crippen LogP contribution in [-0.4, -0.2) is 23.4 Å². The molecule has 2 N–H and O–H groups in total. The van der Waals surface area contributed by atoms with Crippen molar-refractivity contribution in [2.24, 2.45) is 0 Å². The molecule has 14 heavy (non-hydrogen) atoms. The summed E-state index contributed by atoms with van der Waals surface area (Å²) in [5.41, 5.74) is 2.07. The molecule has 0 aliphatic carbocycles. The van der Waals surface area contributed by atoms with Crippen LogP contribution in [0, 0.1) is 0 Å². The third-order valence-electron chi connectivity index (χ3n) is 1.80. The molecule has 0 radical (unpaired) electrons. The molecular formula is C12H14O2. The highest BCUT2D eigenvalue weighted by Crippen LogP contribution is 2.12. The van der Waals surface area contributed by atoms with Crippen molar-refractivity contribution >= 4 is 12.2 Å². The Balaban J connectivity index is 2.91. The lowest BCUT2D eigenvalue weighted by Gasteiger charge is -1.99. The van der Waals surface area contributed by atoms with E-state index in [4.69, 9.17) is 10.2 Å². The molecule has 0 heterocycles. The lowest BCUT2D eigenvalue weighted by molar-refractivity contribution is 0.343. The molecule has 1 rings (SSSR count). The maximum atomic E-state index is 8.65. The molecule has 0 spiro atoms. The Labute approximate surface area is 83.8 Å². The third-order valence-corrected chi connectivity index (χ3v) is 1.80. The first-order valence-corrected chi connectivity index (χ1v) is 4.52. The van der Waals surface area contributed by atoms with Gasteiger partial charge in [-0.1, -0.05) is 48.6 Å². The van der Waals surface area contributed by atoms with Crippen LogP contribution in [0.15, 0.2) is 36.4 Å². The zero-order valence-electron chi connectivity index (χ0n) is 7.93. The summed E-state index contributed by atoms with van der Waals surface area (Å²) in [5, 5.41) is 17.3. The van der Waals surface area contributed by atoms with Crippen molar-refractivity contribution < 1.29 is 10.2 Å². The van der Waals surface area contributed by atoms with Crippen LogP contribution in [0.5, 0.6) is 0 Å². The molecular weight excluding hydrogens is 176 g/mol. The van der Waals surface area contributed by atoms with Crippen molar-refractivity contribution in [1.82, 2.24) is 0 Å². The Morgan fingerprint density at radius 1 is 0.857 bits per heavy atom. The Kier molecular flexibility index (Phi) is 4.69. The van der Waals surface area contributed by atoms with Gasteiger partial charge in [-0.05, 0) is 11.1 Å². The van der Waals surface area contributed by atoms with E-state index in [-0.39, 0.29) is 13.2 Å². The molecule has 0 saturated carbocycles. The van der Waals surface area contributed by atoms with Crippen LogP contribution in [0.1, 0.15) is 11.1 Å². The molecule has 0 aromatic heterocycles. The molecule has 1 aromatic carbocycles. The summed E-state index contributed by atoms with van der Waals surface area (Å²) in [4.78, 5) is 0. The lowest BCUT2D eigenvalue weighted by Crippen LogP contribution is -1.81. The van der Waals surface area contributed by atoms with E-state index in [0.29, 0.717) is 0 Å². The highest BCUT2D eigenvalue weighted by molar-refractivity contribution is 5.65. The minimum Gasteiger partial charge on any atom is -0.392 e. The maximum absolute atomic E-state index is 8.65. The Morgan fingerprint density at radius 3 is 1.64 bits per heavy atom. The Morgan fingerprint density at radius 2 is 1.29 bits per heavy atom. The summed E-state index contributed by atoms with van der Waals surface area (Å²) in [7, 11) is 0. The van der Waals surface area contributed by atoms with Gasteiger partial charge in [-0.15, -0.1) is 0 Å². The second-order valence-electron chi connectivity index (χ2n) is 2.80. The predicted molar refractivity (Wildman–Crippen MR) is 58.7 cm³/mol. The molecule has 0 atom stereocenters. The van der Waals surface area contributed by atoms with Gasteiger partial charge in [0.05, 0.1) is 13.2 Å². The van der Waals surface area contributed by atoms with Gasteiger partial charge in [0.2, 0.25) is 0 Å². The summed E-state index contributed by atoms with van der Waals surface area (Å²) in [5.74, 6) is 0. The fourth-order valence-corrected chi connectivity index (χ4v) is 1.17. The highest BCUT2D eigenvalue weighted by Gasteiger charge is 1.92. The number of aliphatic hydroxyl groups excluding tert-OH is 2. The van der Waals surface area contributed by atoms with Gasteiger partial charge in [0.15, 0.2) is 0 Å². The van der Waals surface area contributed by atoms with Gasteiger partial charge in [-0.3, -0.25) is 0 Å². The van der Waals surface area contributed by atoms with E-state index in [1.165, 1.54) is 0 Å². The maximum Gasteiger partial charge on any atom is 0.0615 e. The van der Waals surface area contributed by atoms with Crippen LogP contribution in [0.4, 0.5) is 0 Å². The number of benzene rings is 1. The fraction of sp³-hybridized carbons (Fsp3) is 0.167. The fourth-order valence-electron chi connectivity index (χ4n) is 1.17. The van der Waals surface area contributed by atoms with Gasteiger partial charge >= 0.3 is 0 Å². The molecule has 0 unspecified atom stereocenters. The largest absolute Gasteiger partial charge is 0.392 e. The number of hydrogen-bond donors (Lipinski definition) is 2. The molecule has 74 valence electrons. The molecule has 2 heteroatoms. The van der Waals surface area contributed by atoms with Gasteiger partial charge in [0, 0.05) is 0 Å². The van der Waals surface area contributed by atoms with Crippen LogP contribution in [0.2, 0.25) is 0 Å². The SMILES string of the molecule is OCC=Cc1ccccc1C=CCO. The van der Waals surface area contributed by atoms with E-state index in [9.17, 15) is 0 Å². The molecule has 0 aliphatic heterocycles. The first-order valence-electron chi connectivity index (χ1n) is 4.52. The van der Waals surface area contributed by atoms with E-state index < -0.39 is 0 Å². The first-order chi connectivity index (χ1) is 6.88. The summed E-state index contributed by atoms with van der Waals surface area (Å²) in [6, 6.07) is 7.80. The Hall–Kier alpha value is -1.38. The van der Waals surface area contributed by atoms with Gasteiger partial charge in [0.25, 0.3) is 0 Å². The van der Waals surface area contributed by atoms with Crippen LogP contribution in [0.25, 0.3) is 12.2 Å². The van der Waals surface area contributed by atoms with E-state index in [1.807, 2.05) is 36.4 Å². The second kappa shape index (κ2) is 6.13. The molecule has 1 aromatic rings. The molecule has 0 aliphatic rings. The van der Waals surface area contributed by atoms with E-state index in [1.54, 1.807) is 12.2 Å². The lowest BCUT2D eigenvalue weighted by atomic mass is 10.1. The number of aliphatic hydroxyl groups is 2. The average Bonchev–Trinajstić information content (AvgIpc) is 2.24. The zero-order valence-corrected chi connectivity index (χ0v) is 7.93. The second-order valence-corrected chi connectivity index (χ2v) is 2.80. The van der Waals surface area contributed by atoms with Gasteiger partial charge in [-0.2, -0.15) is 0 Å². The van der Waals surface area contributed by atoms with Crippen LogP contribution >= 0.6 is 0 Å². The van der Waals surface area contributed by atoms with Crippen molar-refractivity contribution in [2.45, 2.75) is 0 Å². The monoisotopic (exact) mass is 190 g/mol. The predicted octanol–water partition coefficient (Wildman–Crippen LogP) is 1.70. The minimum absolute atomic E-state index is 0.0397. The molecule has 0 fully saturated rings. The van der Waals surface area contributed by atoms with E-state index in [0.717, 1.165) is 11.1 Å². The topological polar surface area (TPSA) is 40.5 Å². The smallest absolute Gasteiger partial charge is 0.0615 e. The van der Waals surface area contributed by atoms with Crippen molar-refractivity contribution in [2.75, 3.05) is 13.2 Å². The first kappa shape index (κ1) is 10.7. The third kappa shape index (κ3) is 3.17. The standard InChI is InChI=1S/C12H14O2/c13-9-3-7-11-5-1-2-6-12(11)8-4-10-14/h1-8,13-14H,9-10H2. The van der Waals surface area contributed by atoms with Crippen LogP contribution in [0.3, 0.4) is 0 Å². The van der Waals surface area contributed by atoms with Crippen molar-refractivity contribution in [3.05, 3.63) is 47.5 Å². The van der Waals surface area contributed by atoms with Crippen molar-refractivity contribution in [1.29, 1.82) is 0 Å². The summed E-state index contributed by atoms with van der Waals surface area (Å²) >= 11 is 0. The quantitative estimate of drug-likeness (QED) is 0.758. The van der Waals surface area contributed by atoms with E-state index >= 15 is 0 Å². The van der Waals surface area contributed by atoms with Gasteiger partial charge in [0.1, 0.15) is 0 Å². The van der Waals surface area contributed by atoms with Crippen LogP contribution in [-0.2, 0) is 0 Å². The van der Waals surface area contributed by atoms with Crippen molar-refractivity contribution in [3.63, 3.8) is 0 Å². The number of hydrogen-bond acceptors (Lipinski definition) is 2. The van der Waals surface area contributed by atoms with Gasteiger partial charge < -0.3 is 10.2 Å². The molecule has 2 nitrogen and oxygen atoms in total. The zero-order chi connectivity index (χ0) is 10.2. The normalized spacial score (nSPS) is 11.6. The van der Waals surface area contributed by atoms with Gasteiger partial charge in [-0.25, -0.2) is 0 Å². The van der Waals surface area contributed by atoms with Crippen LogP contribution < -0.4 is 0 Å². The summed E-state index contributed by atoms with van der Waals surface area (Å²) in [6.45, 7) is 0.0795. The molecule has 0 saturated heterocycles. The van der Waals surface area contributed by atoms with E-state index in [2.05, 4.69) is 0 Å². The Bertz CT molecular complexity index is 294. The summed E-state index contributed by atoms with van der Waals surface area (Å²) < 4.78 is 0. The highest BCUT2D eigenvalue weighted by atomic mass is 16.3. The van der Waals surface area contributed by atoms with Crippen molar-refractivity contribution in [3.8, 4) is 0 Å². The number of rotatable bonds is 4.